The summed E-state index contributed by atoms with van der Waals surface area (Å²) in [7, 11) is 0. The molecule has 186 valence electrons. The van der Waals surface area contributed by atoms with Gasteiger partial charge in [0, 0.05) is 42.8 Å². The second kappa shape index (κ2) is 8.42. The maximum Gasteiger partial charge on any atom is 0.433 e. The molecule has 2 bridgehead atoms. The van der Waals surface area contributed by atoms with Crippen molar-refractivity contribution in [2.75, 3.05) is 23.3 Å². The summed E-state index contributed by atoms with van der Waals surface area (Å²) < 4.78 is 68.2. The highest BCUT2D eigenvalue weighted by molar-refractivity contribution is 5.77. The van der Waals surface area contributed by atoms with Crippen LogP contribution >= 0.6 is 0 Å². The van der Waals surface area contributed by atoms with Gasteiger partial charge in [-0.2, -0.15) is 18.2 Å². The summed E-state index contributed by atoms with van der Waals surface area (Å²) in [6, 6.07) is 10.0. The van der Waals surface area contributed by atoms with Gasteiger partial charge in [0.2, 0.25) is 5.95 Å². The number of rotatable bonds is 4. The van der Waals surface area contributed by atoms with E-state index in [1.165, 1.54) is 12.3 Å². The van der Waals surface area contributed by atoms with Crippen LogP contribution in [0.15, 0.2) is 54.9 Å². The Labute approximate surface area is 202 Å². The predicted octanol–water partition coefficient (Wildman–Crippen LogP) is 5.42. The quantitative estimate of drug-likeness (QED) is 0.380. The molecule has 4 heterocycles. The molecule has 11 heteroatoms. The summed E-state index contributed by atoms with van der Waals surface area (Å²) in [6.45, 7) is 1.23. The Balaban J connectivity index is 1.23. The van der Waals surface area contributed by atoms with E-state index in [-0.39, 0.29) is 17.9 Å². The lowest BCUT2D eigenvalue weighted by Gasteiger charge is -2.39. The van der Waals surface area contributed by atoms with Gasteiger partial charge in [-0.15, -0.1) is 5.10 Å². The summed E-state index contributed by atoms with van der Waals surface area (Å²) in [6.07, 6.45) is 0.348. The van der Waals surface area contributed by atoms with Gasteiger partial charge >= 0.3 is 6.18 Å². The van der Waals surface area contributed by atoms with Gasteiger partial charge < -0.3 is 10.2 Å². The van der Waals surface area contributed by atoms with Crippen LogP contribution in [0.1, 0.15) is 18.5 Å². The predicted molar refractivity (Wildman–Crippen MR) is 123 cm³/mol. The fourth-order valence-corrected chi connectivity index (χ4v) is 5.45. The number of halogens is 5. The molecular formula is C25H21F5N6. The number of pyridine rings is 2. The first-order valence-corrected chi connectivity index (χ1v) is 11.6. The molecule has 36 heavy (non-hydrogen) atoms. The number of piperidine rings is 1. The Hall–Kier alpha value is -3.76. The first-order valence-electron chi connectivity index (χ1n) is 11.6. The summed E-state index contributed by atoms with van der Waals surface area (Å²) in [5.74, 6) is -1.01. The van der Waals surface area contributed by atoms with Gasteiger partial charge in [-0.25, -0.2) is 13.3 Å². The Morgan fingerprint density at radius 2 is 1.72 bits per heavy atom. The van der Waals surface area contributed by atoms with E-state index in [9.17, 15) is 22.0 Å². The van der Waals surface area contributed by atoms with Crippen molar-refractivity contribution in [2.45, 2.75) is 25.1 Å². The first kappa shape index (κ1) is 22.7. The lowest BCUT2D eigenvalue weighted by Crippen LogP contribution is -2.48. The molecule has 2 aliphatic rings. The lowest BCUT2D eigenvalue weighted by atomic mass is 9.92. The molecule has 0 spiro atoms. The molecule has 2 atom stereocenters. The van der Waals surface area contributed by atoms with Gasteiger partial charge in [-0.3, -0.25) is 4.98 Å². The Kier molecular flexibility index (Phi) is 5.31. The second-order valence-electron chi connectivity index (χ2n) is 9.32. The van der Waals surface area contributed by atoms with E-state index in [1.54, 1.807) is 28.9 Å². The molecule has 1 aliphatic heterocycles. The number of nitrogens with one attached hydrogen (secondary N) is 1. The number of hydrogen-bond donors (Lipinski definition) is 1. The number of hydrogen-bond acceptors (Lipinski definition) is 5. The molecule has 2 unspecified atom stereocenters. The highest BCUT2D eigenvalue weighted by atomic mass is 19.4. The van der Waals surface area contributed by atoms with E-state index in [2.05, 4.69) is 20.4 Å². The normalized spacial score (nSPS) is 21.8. The van der Waals surface area contributed by atoms with Gasteiger partial charge in [-0.05, 0) is 66.6 Å². The van der Waals surface area contributed by atoms with Gasteiger partial charge in [0.05, 0.1) is 0 Å². The van der Waals surface area contributed by atoms with Crippen molar-refractivity contribution in [2.24, 2.45) is 11.8 Å². The topological polar surface area (TPSA) is 58.4 Å². The maximum absolute atomic E-state index is 13.8. The molecule has 0 radical (unpaired) electrons. The standard InChI is InChI=1S/C25H21F5N6/c26-19-6-5-14(10-20(19)27)18-2-1-9-36-23(18)33-24(34-36)32-22-15-3-4-16(22)13-35(12-15)17-7-8-31-21(11-17)25(28,29)30/h1-2,5-11,15-16,22H,3-4,12-13H2,(H,32,34). The van der Waals surface area contributed by atoms with Crippen LogP contribution in [0.2, 0.25) is 0 Å². The van der Waals surface area contributed by atoms with E-state index in [0.717, 1.165) is 31.0 Å². The maximum atomic E-state index is 13.8. The van der Waals surface area contributed by atoms with Gasteiger partial charge in [0.15, 0.2) is 17.3 Å². The monoisotopic (exact) mass is 500 g/mol. The third kappa shape index (κ3) is 4.02. The van der Waals surface area contributed by atoms with Crippen molar-refractivity contribution >= 4 is 17.3 Å². The first-order chi connectivity index (χ1) is 17.3. The summed E-state index contributed by atoms with van der Waals surface area (Å²) in [4.78, 5) is 10.1. The van der Waals surface area contributed by atoms with E-state index in [0.29, 0.717) is 41.5 Å². The van der Waals surface area contributed by atoms with Crippen LogP contribution in [0.5, 0.6) is 0 Å². The zero-order valence-corrected chi connectivity index (χ0v) is 18.9. The molecule has 0 amide bonds. The minimum absolute atomic E-state index is 0.0781. The lowest BCUT2D eigenvalue weighted by molar-refractivity contribution is -0.141. The van der Waals surface area contributed by atoms with Crippen LogP contribution < -0.4 is 10.2 Å². The third-order valence-electron chi connectivity index (χ3n) is 7.12. The molecule has 1 aromatic carbocycles. The molecule has 6 rings (SSSR count). The molecule has 6 nitrogen and oxygen atoms in total. The molecular weight excluding hydrogens is 479 g/mol. The number of aromatic nitrogens is 4. The Morgan fingerprint density at radius 1 is 0.944 bits per heavy atom. The van der Waals surface area contributed by atoms with Crippen LogP contribution in [-0.2, 0) is 6.18 Å². The average molecular weight is 500 g/mol. The zero-order valence-electron chi connectivity index (χ0n) is 18.9. The highest BCUT2D eigenvalue weighted by Crippen LogP contribution is 2.41. The molecule has 1 saturated heterocycles. The van der Waals surface area contributed by atoms with Crippen molar-refractivity contribution in [3.05, 3.63) is 72.2 Å². The minimum Gasteiger partial charge on any atom is -0.371 e. The SMILES string of the molecule is Fc1ccc(-c2cccn3nc(NC4C5CCC4CN(c4ccnc(C(F)(F)F)c4)C5)nc23)cc1F. The molecule has 1 saturated carbocycles. The number of benzene rings is 1. The van der Waals surface area contributed by atoms with Crippen molar-refractivity contribution < 1.29 is 22.0 Å². The van der Waals surface area contributed by atoms with Gasteiger partial charge in [0.1, 0.15) is 5.69 Å². The van der Waals surface area contributed by atoms with E-state index in [1.807, 2.05) is 4.90 Å². The number of nitrogens with zero attached hydrogens (tertiary/aromatic N) is 5. The Bertz CT molecular complexity index is 1420. The van der Waals surface area contributed by atoms with Crippen LogP contribution in [0.3, 0.4) is 0 Å². The molecule has 3 aromatic heterocycles. The van der Waals surface area contributed by atoms with Crippen LogP contribution in [0, 0.1) is 23.5 Å². The van der Waals surface area contributed by atoms with E-state index < -0.39 is 23.5 Å². The Morgan fingerprint density at radius 3 is 2.44 bits per heavy atom. The van der Waals surface area contributed by atoms with Crippen molar-refractivity contribution in [3.63, 3.8) is 0 Å². The second-order valence-corrected chi connectivity index (χ2v) is 9.32. The summed E-state index contributed by atoms with van der Waals surface area (Å²) in [5.41, 5.74) is 1.25. The summed E-state index contributed by atoms with van der Waals surface area (Å²) >= 11 is 0. The smallest absolute Gasteiger partial charge is 0.371 e. The number of anilines is 2. The van der Waals surface area contributed by atoms with E-state index >= 15 is 0 Å². The van der Waals surface area contributed by atoms with Gasteiger partial charge in [0.25, 0.3) is 0 Å². The minimum atomic E-state index is -4.48. The number of fused-ring (bicyclic) bond motifs is 3. The fraction of sp³-hybridized carbons (Fsp3) is 0.320. The molecule has 1 aliphatic carbocycles. The average Bonchev–Trinajstić information content (AvgIpc) is 3.36. The van der Waals surface area contributed by atoms with E-state index in [4.69, 9.17) is 0 Å². The summed E-state index contributed by atoms with van der Waals surface area (Å²) in [5, 5.41) is 7.97. The third-order valence-corrected chi connectivity index (χ3v) is 7.12. The largest absolute Gasteiger partial charge is 0.433 e. The number of alkyl halides is 3. The fourth-order valence-electron chi connectivity index (χ4n) is 5.45. The molecule has 4 aromatic rings. The van der Waals surface area contributed by atoms with Crippen molar-refractivity contribution in [3.8, 4) is 11.1 Å². The van der Waals surface area contributed by atoms with Crippen molar-refractivity contribution in [1.82, 2.24) is 19.6 Å². The van der Waals surface area contributed by atoms with Crippen LogP contribution in [0.25, 0.3) is 16.8 Å². The molecule has 1 N–H and O–H groups in total. The van der Waals surface area contributed by atoms with Crippen LogP contribution in [0.4, 0.5) is 33.6 Å². The van der Waals surface area contributed by atoms with Crippen molar-refractivity contribution in [1.29, 1.82) is 0 Å². The van der Waals surface area contributed by atoms with Gasteiger partial charge in [-0.1, -0.05) is 6.07 Å². The van der Waals surface area contributed by atoms with Crippen LogP contribution in [-0.4, -0.2) is 38.7 Å². The molecule has 2 fully saturated rings. The highest BCUT2D eigenvalue weighted by Gasteiger charge is 2.43. The zero-order chi connectivity index (χ0) is 25.0.